The van der Waals surface area contributed by atoms with Gasteiger partial charge in [-0.25, -0.2) is 0 Å². The molecule has 0 spiro atoms. The van der Waals surface area contributed by atoms with Crippen LogP contribution in [0.4, 0.5) is 0 Å². The molecule has 39 valence electrons. The lowest BCUT2D eigenvalue weighted by molar-refractivity contribution is 0.133. The Bertz CT molecular complexity index is 80.1. The Morgan fingerprint density at radius 3 is 2.71 bits per heavy atom. The summed E-state index contributed by atoms with van der Waals surface area (Å²) in [5.74, 6) is 0. The van der Waals surface area contributed by atoms with Crippen LogP contribution in [0.15, 0.2) is 12.2 Å². The molecule has 1 radical (unpaired) electrons. The van der Waals surface area contributed by atoms with E-state index in [1.165, 1.54) is 0 Å². The normalized spacial score (nSPS) is 30.7. The van der Waals surface area contributed by atoms with Crippen LogP contribution < -0.4 is 0 Å². The third kappa shape index (κ3) is 1.53. The number of hydrogen-bond donors (Lipinski definition) is 0. The maximum Gasteiger partial charge on any atom is 0.117 e. The minimum absolute atomic E-state index is 0.0324. The van der Waals surface area contributed by atoms with Crippen LogP contribution in [0.3, 0.4) is 0 Å². The Balaban J connectivity index is 2.32. The fourth-order valence-electron chi connectivity index (χ4n) is 0.506. The zero-order valence-electron chi connectivity index (χ0n) is 3.96. The SMILES string of the molecule is [S]C1CC=CCO1. The summed E-state index contributed by atoms with van der Waals surface area (Å²) in [6.45, 7) is 0.703. The lowest BCUT2D eigenvalue weighted by Crippen LogP contribution is -2.07. The zero-order valence-corrected chi connectivity index (χ0v) is 4.78. The van der Waals surface area contributed by atoms with E-state index in [1.807, 2.05) is 6.08 Å². The molecule has 0 amide bonds. The standard InChI is InChI=1S/C5H7OS/c7-5-3-1-2-4-6-5/h1-2,5H,3-4H2. The summed E-state index contributed by atoms with van der Waals surface area (Å²) < 4.78 is 5.01. The van der Waals surface area contributed by atoms with Crippen molar-refractivity contribution in [3.8, 4) is 0 Å². The van der Waals surface area contributed by atoms with Gasteiger partial charge in [-0.15, -0.1) is 0 Å². The maximum absolute atomic E-state index is 5.01. The molecule has 0 N–H and O–H groups in total. The summed E-state index contributed by atoms with van der Waals surface area (Å²) >= 11 is 4.82. The van der Waals surface area contributed by atoms with Gasteiger partial charge in [0.1, 0.15) is 5.44 Å². The molecule has 7 heavy (non-hydrogen) atoms. The predicted molar refractivity (Wildman–Crippen MR) is 31.1 cm³/mol. The summed E-state index contributed by atoms with van der Waals surface area (Å²) in [4.78, 5) is 0. The number of ether oxygens (including phenoxy) is 1. The van der Waals surface area contributed by atoms with Crippen molar-refractivity contribution in [2.24, 2.45) is 0 Å². The van der Waals surface area contributed by atoms with Gasteiger partial charge in [-0.1, -0.05) is 24.8 Å². The molecule has 0 saturated carbocycles. The largest absolute Gasteiger partial charge is 0.362 e. The van der Waals surface area contributed by atoms with Gasteiger partial charge in [0, 0.05) is 6.42 Å². The summed E-state index contributed by atoms with van der Waals surface area (Å²) in [6, 6.07) is 0. The molecule has 1 aliphatic rings. The highest BCUT2D eigenvalue weighted by Gasteiger charge is 2.02. The van der Waals surface area contributed by atoms with Crippen molar-refractivity contribution in [1.29, 1.82) is 0 Å². The fourth-order valence-corrected chi connectivity index (χ4v) is 0.696. The van der Waals surface area contributed by atoms with E-state index in [0.29, 0.717) is 6.61 Å². The first-order valence-corrected chi connectivity index (χ1v) is 2.79. The zero-order chi connectivity index (χ0) is 5.11. The predicted octanol–water partition coefficient (Wildman–Crippen LogP) is 1.49. The van der Waals surface area contributed by atoms with E-state index in [4.69, 9.17) is 17.4 Å². The van der Waals surface area contributed by atoms with E-state index >= 15 is 0 Å². The third-order valence-electron chi connectivity index (χ3n) is 0.874. The topological polar surface area (TPSA) is 9.23 Å². The quantitative estimate of drug-likeness (QED) is 0.434. The highest BCUT2D eigenvalue weighted by atomic mass is 32.1. The van der Waals surface area contributed by atoms with Crippen LogP contribution in [0.2, 0.25) is 0 Å². The number of rotatable bonds is 0. The van der Waals surface area contributed by atoms with Crippen LogP contribution in [-0.4, -0.2) is 12.0 Å². The van der Waals surface area contributed by atoms with Gasteiger partial charge >= 0.3 is 0 Å². The fraction of sp³-hybridized carbons (Fsp3) is 0.600. The molecule has 2 heteroatoms. The van der Waals surface area contributed by atoms with Crippen molar-refractivity contribution in [3.05, 3.63) is 12.2 Å². The Morgan fingerprint density at radius 1 is 1.57 bits per heavy atom. The van der Waals surface area contributed by atoms with Crippen molar-refractivity contribution < 1.29 is 4.74 Å². The monoisotopic (exact) mass is 115 g/mol. The molecule has 1 atom stereocenters. The van der Waals surface area contributed by atoms with Crippen molar-refractivity contribution >= 4 is 12.6 Å². The first kappa shape index (κ1) is 5.19. The second kappa shape index (κ2) is 2.38. The molecule has 0 aromatic carbocycles. The van der Waals surface area contributed by atoms with E-state index in [1.54, 1.807) is 0 Å². The Morgan fingerprint density at radius 2 is 2.43 bits per heavy atom. The molecule has 0 saturated heterocycles. The summed E-state index contributed by atoms with van der Waals surface area (Å²) in [6.07, 6.45) is 4.94. The van der Waals surface area contributed by atoms with Gasteiger partial charge in [0.15, 0.2) is 0 Å². The van der Waals surface area contributed by atoms with Crippen molar-refractivity contribution in [2.45, 2.75) is 11.9 Å². The Hall–Kier alpha value is 0.0500. The van der Waals surface area contributed by atoms with Crippen molar-refractivity contribution in [1.82, 2.24) is 0 Å². The van der Waals surface area contributed by atoms with E-state index in [-0.39, 0.29) is 5.44 Å². The van der Waals surface area contributed by atoms with Gasteiger partial charge in [-0.2, -0.15) is 0 Å². The summed E-state index contributed by atoms with van der Waals surface area (Å²) in [7, 11) is 0. The summed E-state index contributed by atoms with van der Waals surface area (Å²) in [5, 5.41) is 0. The smallest absolute Gasteiger partial charge is 0.117 e. The van der Waals surface area contributed by atoms with E-state index < -0.39 is 0 Å². The van der Waals surface area contributed by atoms with Gasteiger partial charge in [-0.05, 0) is 0 Å². The lowest BCUT2D eigenvalue weighted by atomic mass is 10.3. The van der Waals surface area contributed by atoms with Gasteiger partial charge in [0.25, 0.3) is 0 Å². The second-order valence-electron chi connectivity index (χ2n) is 1.47. The van der Waals surface area contributed by atoms with Crippen molar-refractivity contribution in [2.75, 3.05) is 6.61 Å². The summed E-state index contributed by atoms with van der Waals surface area (Å²) in [5.41, 5.74) is 0.0324. The molecular weight excluding hydrogens is 108 g/mol. The molecule has 1 rings (SSSR count). The third-order valence-corrected chi connectivity index (χ3v) is 1.20. The minimum atomic E-state index is 0.0324. The van der Waals surface area contributed by atoms with E-state index in [2.05, 4.69) is 6.08 Å². The van der Waals surface area contributed by atoms with E-state index in [9.17, 15) is 0 Å². The first-order chi connectivity index (χ1) is 3.39. The number of hydrogen-bond acceptors (Lipinski definition) is 1. The molecular formula is C5H7OS. The average Bonchev–Trinajstić information content (AvgIpc) is 1.69. The highest BCUT2D eigenvalue weighted by molar-refractivity contribution is 7.80. The average molecular weight is 115 g/mol. The maximum atomic E-state index is 5.01. The highest BCUT2D eigenvalue weighted by Crippen LogP contribution is 2.07. The van der Waals surface area contributed by atoms with Crippen LogP contribution in [0.25, 0.3) is 0 Å². The molecule has 1 heterocycles. The molecule has 0 aromatic heterocycles. The Kier molecular flexibility index (Phi) is 1.77. The van der Waals surface area contributed by atoms with E-state index in [0.717, 1.165) is 6.42 Å². The second-order valence-corrected chi connectivity index (χ2v) is 2.00. The van der Waals surface area contributed by atoms with Gasteiger partial charge in [0.05, 0.1) is 6.61 Å². The lowest BCUT2D eigenvalue weighted by Gasteiger charge is -2.10. The Labute approximate surface area is 48.8 Å². The van der Waals surface area contributed by atoms with Crippen LogP contribution in [-0.2, 0) is 4.74 Å². The van der Waals surface area contributed by atoms with Crippen LogP contribution in [0, 0.1) is 0 Å². The van der Waals surface area contributed by atoms with Gasteiger partial charge in [-0.3, -0.25) is 0 Å². The molecule has 1 aliphatic heterocycles. The van der Waals surface area contributed by atoms with Crippen LogP contribution in [0.1, 0.15) is 6.42 Å². The molecule has 0 bridgehead atoms. The van der Waals surface area contributed by atoms with Crippen molar-refractivity contribution in [3.63, 3.8) is 0 Å². The molecule has 0 fully saturated rings. The van der Waals surface area contributed by atoms with Crippen LogP contribution >= 0.6 is 12.6 Å². The molecule has 0 aliphatic carbocycles. The van der Waals surface area contributed by atoms with Crippen LogP contribution in [0.5, 0.6) is 0 Å². The minimum Gasteiger partial charge on any atom is -0.362 e. The molecule has 1 unspecified atom stereocenters. The molecule has 0 aromatic rings. The molecule has 1 nitrogen and oxygen atoms in total. The first-order valence-electron chi connectivity index (χ1n) is 2.32. The van der Waals surface area contributed by atoms with Gasteiger partial charge < -0.3 is 4.74 Å². The van der Waals surface area contributed by atoms with Gasteiger partial charge in [0.2, 0.25) is 0 Å².